The van der Waals surface area contributed by atoms with E-state index in [4.69, 9.17) is 4.74 Å². The molecule has 0 saturated carbocycles. The minimum atomic E-state index is -3.78. The minimum Gasteiger partial charge on any atom is -0.379 e. The summed E-state index contributed by atoms with van der Waals surface area (Å²) in [6.07, 6.45) is 0. The van der Waals surface area contributed by atoms with Crippen LogP contribution < -0.4 is 10.6 Å². The molecule has 0 aromatic heterocycles. The van der Waals surface area contributed by atoms with Crippen molar-refractivity contribution in [2.75, 3.05) is 31.6 Å². The molecule has 186 valence electrons. The normalized spacial score (nSPS) is 22.1. The van der Waals surface area contributed by atoms with Crippen molar-refractivity contribution in [1.82, 2.24) is 14.5 Å². The summed E-state index contributed by atoms with van der Waals surface area (Å²) in [7, 11) is -3.78. The number of amides is 4. The van der Waals surface area contributed by atoms with Gasteiger partial charge < -0.3 is 15.4 Å². The van der Waals surface area contributed by atoms with Crippen molar-refractivity contribution in [3.8, 4) is 0 Å². The van der Waals surface area contributed by atoms with Gasteiger partial charge in [0.2, 0.25) is 15.9 Å². The smallest absolute Gasteiger partial charge is 0.326 e. The standard InChI is InChI=1S/C24H28N4O6S/c1-16-9-10-19(15-20(16)35(32,33)27-11-13-34-14-12-27)25-21(29)17(2)28-22(30)24(3,26-23(28)31)18-7-5-4-6-8-18/h4-10,15,17H,11-14H2,1-3H3,(H,25,29)(H,26,31)/t17-,24-/m1/s1. The first-order valence-corrected chi connectivity index (χ1v) is 12.7. The van der Waals surface area contributed by atoms with Gasteiger partial charge in [-0.25, -0.2) is 18.1 Å². The van der Waals surface area contributed by atoms with Gasteiger partial charge in [0.05, 0.1) is 18.1 Å². The number of anilines is 1. The van der Waals surface area contributed by atoms with Gasteiger partial charge in [0, 0.05) is 18.8 Å². The zero-order valence-electron chi connectivity index (χ0n) is 19.8. The Bertz CT molecular complexity index is 1260. The Labute approximate surface area is 204 Å². The van der Waals surface area contributed by atoms with E-state index in [1.54, 1.807) is 56.3 Å². The summed E-state index contributed by atoms with van der Waals surface area (Å²) in [5.41, 5.74) is 0.0910. The number of aryl methyl sites for hydroxylation is 1. The highest BCUT2D eigenvalue weighted by Crippen LogP contribution is 2.30. The molecule has 0 spiro atoms. The second kappa shape index (κ2) is 9.40. The first-order valence-electron chi connectivity index (χ1n) is 11.3. The van der Waals surface area contributed by atoms with Gasteiger partial charge in [0.1, 0.15) is 11.6 Å². The van der Waals surface area contributed by atoms with E-state index < -0.39 is 39.4 Å². The zero-order valence-corrected chi connectivity index (χ0v) is 20.6. The SMILES string of the molecule is Cc1ccc(NC(=O)[C@@H](C)N2C(=O)N[C@](C)(c3ccccc3)C2=O)cc1S(=O)(=O)N1CCOCC1. The molecule has 0 aliphatic carbocycles. The van der Waals surface area contributed by atoms with Crippen LogP contribution in [0.1, 0.15) is 25.0 Å². The monoisotopic (exact) mass is 500 g/mol. The Morgan fingerprint density at radius 3 is 2.43 bits per heavy atom. The topological polar surface area (TPSA) is 125 Å². The van der Waals surface area contributed by atoms with Crippen LogP contribution in [-0.2, 0) is 29.9 Å². The fourth-order valence-electron chi connectivity index (χ4n) is 4.23. The van der Waals surface area contributed by atoms with Crippen LogP contribution in [0.2, 0.25) is 0 Å². The van der Waals surface area contributed by atoms with E-state index in [1.807, 2.05) is 0 Å². The van der Waals surface area contributed by atoms with Gasteiger partial charge in [-0.15, -0.1) is 0 Å². The Balaban J connectivity index is 1.54. The molecule has 2 N–H and O–H groups in total. The summed E-state index contributed by atoms with van der Waals surface area (Å²) < 4.78 is 32.9. The lowest BCUT2D eigenvalue weighted by molar-refractivity contribution is -0.136. The summed E-state index contributed by atoms with van der Waals surface area (Å²) in [5.74, 6) is -1.17. The van der Waals surface area contributed by atoms with Crippen LogP contribution in [0.15, 0.2) is 53.4 Å². The van der Waals surface area contributed by atoms with E-state index in [9.17, 15) is 22.8 Å². The zero-order chi connectivity index (χ0) is 25.4. The molecule has 4 rings (SSSR count). The van der Waals surface area contributed by atoms with E-state index in [0.717, 1.165) is 4.90 Å². The first kappa shape index (κ1) is 24.8. The van der Waals surface area contributed by atoms with Gasteiger partial charge in [-0.05, 0) is 44.0 Å². The molecule has 2 aliphatic rings. The van der Waals surface area contributed by atoms with Crippen LogP contribution in [0.4, 0.5) is 10.5 Å². The van der Waals surface area contributed by atoms with Crippen molar-refractivity contribution in [2.24, 2.45) is 0 Å². The number of sulfonamides is 1. The van der Waals surface area contributed by atoms with Gasteiger partial charge >= 0.3 is 6.03 Å². The maximum Gasteiger partial charge on any atom is 0.326 e. The lowest BCUT2D eigenvalue weighted by atomic mass is 9.92. The summed E-state index contributed by atoms with van der Waals surface area (Å²) >= 11 is 0. The van der Waals surface area contributed by atoms with Crippen molar-refractivity contribution < 1.29 is 27.5 Å². The van der Waals surface area contributed by atoms with E-state index in [1.165, 1.54) is 17.3 Å². The number of hydrogen-bond donors (Lipinski definition) is 2. The Morgan fingerprint density at radius 1 is 1.11 bits per heavy atom. The van der Waals surface area contributed by atoms with Crippen LogP contribution in [0.5, 0.6) is 0 Å². The number of rotatable bonds is 6. The van der Waals surface area contributed by atoms with Crippen molar-refractivity contribution >= 4 is 33.6 Å². The number of morpholine rings is 1. The molecule has 0 bridgehead atoms. The highest BCUT2D eigenvalue weighted by Gasteiger charge is 2.51. The van der Waals surface area contributed by atoms with Gasteiger partial charge in [-0.3, -0.25) is 9.59 Å². The van der Waals surface area contributed by atoms with Crippen LogP contribution >= 0.6 is 0 Å². The van der Waals surface area contributed by atoms with Crippen molar-refractivity contribution in [1.29, 1.82) is 0 Å². The van der Waals surface area contributed by atoms with Crippen LogP contribution in [0.25, 0.3) is 0 Å². The highest BCUT2D eigenvalue weighted by atomic mass is 32.2. The number of urea groups is 1. The second-order valence-corrected chi connectivity index (χ2v) is 10.7. The molecule has 2 aromatic carbocycles. The fourth-order valence-corrected chi connectivity index (χ4v) is 5.88. The number of carbonyl (C=O) groups is 3. The molecule has 2 saturated heterocycles. The largest absolute Gasteiger partial charge is 0.379 e. The van der Waals surface area contributed by atoms with E-state index >= 15 is 0 Å². The highest BCUT2D eigenvalue weighted by molar-refractivity contribution is 7.89. The molecule has 2 aromatic rings. The molecule has 0 radical (unpaired) electrons. The molecule has 2 aliphatic heterocycles. The number of ether oxygens (including phenoxy) is 1. The summed E-state index contributed by atoms with van der Waals surface area (Å²) in [6.45, 7) is 5.86. The van der Waals surface area contributed by atoms with Gasteiger partial charge in [-0.2, -0.15) is 4.31 Å². The van der Waals surface area contributed by atoms with Crippen molar-refractivity contribution in [2.45, 2.75) is 37.2 Å². The van der Waals surface area contributed by atoms with Crippen LogP contribution in [-0.4, -0.2) is 67.8 Å². The van der Waals surface area contributed by atoms with Crippen molar-refractivity contribution in [3.05, 3.63) is 59.7 Å². The lowest BCUT2D eigenvalue weighted by Gasteiger charge is -2.27. The third-order valence-corrected chi connectivity index (χ3v) is 8.42. The van der Waals surface area contributed by atoms with E-state index in [2.05, 4.69) is 10.6 Å². The number of carbonyl (C=O) groups excluding carboxylic acids is 3. The molecule has 0 unspecified atom stereocenters. The lowest BCUT2D eigenvalue weighted by Crippen LogP contribution is -2.47. The molecular weight excluding hydrogens is 472 g/mol. The molecule has 11 heteroatoms. The average molecular weight is 501 g/mol. The molecule has 2 fully saturated rings. The fraction of sp³-hybridized carbons (Fsp3) is 0.375. The molecule has 10 nitrogen and oxygen atoms in total. The average Bonchev–Trinajstić information content (AvgIpc) is 3.09. The predicted molar refractivity (Wildman–Crippen MR) is 128 cm³/mol. The quantitative estimate of drug-likeness (QED) is 0.583. The first-order chi connectivity index (χ1) is 16.6. The van der Waals surface area contributed by atoms with E-state index in [0.29, 0.717) is 24.3 Å². The minimum absolute atomic E-state index is 0.0801. The van der Waals surface area contributed by atoms with Crippen molar-refractivity contribution in [3.63, 3.8) is 0 Å². The maximum absolute atomic E-state index is 13.2. The molecule has 2 heterocycles. The molecular formula is C24H28N4O6S. The Kier molecular flexibility index (Phi) is 6.67. The number of benzene rings is 2. The molecule has 2 atom stereocenters. The number of imide groups is 1. The summed E-state index contributed by atoms with van der Waals surface area (Å²) in [4.78, 5) is 39.9. The second-order valence-electron chi connectivity index (χ2n) is 8.76. The summed E-state index contributed by atoms with van der Waals surface area (Å²) in [5, 5.41) is 5.33. The Morgan fingerprint density at radius 2 is 1.77 bits per heavy atom. The van der Waals surface area contributed by atoms with Gasteiger partial charge in [0.25, 0.3) is 5.91 Å². The third kappa shape index (κ3) is 4.54. The van der Waals surface area contributed by atoms with Crippen LogP contribution in [0, 0.1) is 6.92 Å². The number of nitrogens with one attached hydrogen (secondary N) is 2. The number of nitrogens with zero attached hydrogens (tertiary/aromatic N) is 2. The van der Waals surface area contributed by atoms with Gasteiger partial charge in [0.15, 0.2) is 0 Å². The summed E-state index contributed by atoms with van der Waals surface area (Å²) in [6, 6.07) is 11.6. The van der Waals surface area contributed by atoms with E-state index in [-0.39, 0.29) is 23.7 Å². The van der Waals surface area contributed by atoms with Crippen LogP contribution in [0.3, 0.4) is 0 Å². The molecule has 4 amide bonds. The Hall–Kier alpha value is -3.28. The number of hydrogen-bond acceptors (Lipinski definition) is 6. The predicted octanol–water partition coefficient (Wildman–Crippen LogP) is 1.81. The maximum atomic E-state index is 13.2. The third-order valence-electron chi connectivity index (χ3n) is 6.38. The molecule has 35 heavy (non-hydrogen) atoms. The van der Waals surface area contributed by atoms with Gasteiger partial charge in [-0.1, -0.05) is 36.4 Å².